The number of rotatable bonds is 6. The molecule has 0 unspecified atom stereocenters. The number of amides is 1. The molecule has 0 heterocycles. The number of carbonyl (C=O) groups excluding carboxylic acids is 1. The maximum absolute atomic E-state index is 13.4. The van der Waals surface area contributed by atoms with Gasteiger partial charge in [0, 0.05) is 16.8 Å². The summed E-state index contributed by atoms with van der Waals surface area (Å²) in [4.78, 5) is 12.0. The van der Waals surface area contributed by atoms with Crippen molar-refractivity contribution in [1.82, 2.24) is 0 Å². The Balaban J connectivity index is 2.02. The van der Waals surface area contributed by atoms with E-state index in [0.717, 1.165) is 18.2 Å². The highest BCUT2D eigenvalue weighted by Crippen LogP contribution is 2.28. The number of benzene rings is 2. The number of hydrogen-bond donors (Lipinski definition) is 2. The van der Waals surface area contributed by atoms with Gasteiger partial charge in [-0.25, -0.2) is 4.39 Å². The molecule has 1 amide bonds. The second kappa shape index (κ2) is 8.27. The molecule has 26 heavy (non-hydrogen) atoms. The van der Waals surface area contributed by atoms with Crippen LogP contribution >= 0.6 is 11.6 Å². The first-order chi connectivity index (χ1) is 12.2. The highest BCUT2D eigenvalue weighted by atomic mass is 35.5. The Morgan fingerprint density at radius 1 is 1.19 bits per heavy atom. The van der Waals surface area contributed by atoms with Crippen molar-refractivity contribution < 1.29 is 27.1 Å². The van der Waals surface area contributed by atoms with Gasteiger partial charge >= 0.3 is 6.18 Å². The minimum Gasteiger partial charge on any atom is -0.482 e. The summed E-state index contributed by atoms with van der Waals surface area (Å²) in [5.74, 6) is -1.38. The maximum Gasteiger partial charge on any atom is 0.422 e. The SMILES string of the molecule is Cc1c(Cl)cccc1NC(=O)CNc1cc(F)ccc1OCC(F)(F)F. The van der Waals surface area contributed by atoms with Crippen LogP contribution in [0.4, 0.5) is 28.9 Å². The lowest BCUT2D eigenvalue weighted by Gasteiger charge is -2.15. The fraction of sp³-hybridized carbons (Fsp3) is 0.235. The van der Waals surface area contributed by atoms with Crippen LogP contribution in [0.1, 0.15) is 5.56 Å². The molecule has 2 aromatic rings. The molecule has 0 atom stereocenters. The highest BCUT2D eigenvalue weighted by Gasteiger charge is 2.29. The topological polar surface area (TPSA) is 50.4 Å². The Morgan fingerprint density at radius 3 is 2.62 bits per heavy atom. The van der Waals surface area contributed by atoms with Crippen LogP contribution in [0.15, 0.2) is 36.4 Å². The second-order valence-corrected chi connectivity index (χ2v) is 5.77. The zero-order valence-corrected chi connectivity index (χ0v) is 14.3. The summed E-state index contributed by atoms with van der Waals surface area (Å²) in [6.45, 7) is -0.111. The Kier molecular flexibility index (Phi) is 6.31. The average Bonchev–Trinajstić information content (AvgIpc) is 2.55. The molecule has 0 saturated carbocycles. The van der Waals surface area contributed by atoms with Gasteiger partial charge < -0.3 is 15.4 Å². The molecule has 0 aliphatic heterocycles. The van der Waals surface area contributed by atoms with Gasteiger partial charge in [-0.1, -0.05) is 17.7 Å². The van der Waals surface area contributed by atoms with E-state index in [9.17, 15) is 22.4 Å². The smallest absolute Gasteiger partial charge is 0.422 e. The Morgan fingerprint density at radius 2 is 1.92 bits per heavy atom. The van der Waals surface area contributed by atoms with Crippen LogP contribution in [0.5, 0.6) is 5.75 Å². The first-order valence-electron chi connectivity index (χ1n) is 7.43. The van der Waals surface area contributed by atoms with E-state index in [0.29, 0.717) is 16.3 Å². The van der Waals surface area contributed by atoms with Crippen molar-refractivity contribution in [2.75, 3.05) is 23.8 Å². The van der Waals surface area contributed by atoms with Gasteiger partial charge in [0.2, 0.25) is 5.91 Å². The number of hydrogen-bond acceptors (Lipinski definition) is 3. The molecular weight excluding hydrogens is 376 g/mol. The maximum atomic E-state index is 13.4. The van der Waals surface area contributed by atoms with Gasteiger partial charge in [0.15, 0.2) is 6.61 Å². The normalized spacial score (nSPS) is 11.2. The van der Waals surface area contributed by atoms with Crippen LogP contribution in [-0.4, -0.2) is 25.2 Å². The predicted molar refractivity (Wildman–Crippen MR) is 91.3 cm³/mol. The van der Waals surface area contributed by atoms with E-state index in [2.05, 4.69) is 15.4 Å². The fourth-order valence-electron chi connectivity index (χ4n) is 2.04. The molecule has 0 radical (unpaired) electrons. The fourth-order valence-corrected chi connectivity index (χ4v) is 2.21. The van der Waals surface area contributed by atoms with Crippen molar-refractivity contribution in [3.63, 3.8) is 0 Å². The molecule has 0 spiro atoms. The van der Waals surface area contributed by atoms with E-state index in [4.69, 9.17) is 11.6 Å². The van der Waals surface area contributed by atoms with Crippen molar-refractivity contribution in [3.05, 3.63) is 52.8 Å². The third-order valence-corrected chi connectivity index (χ3v) is 3.72. The first kappa shape index (κ1) is 19.8. The van der Waals surface area contributed by atoms with Gasteiger partial charge in [-0.05, 0) is 36.8 Å². The predicted octanol–water partition coefficient (Wildman–Crippen LogP) is 4.78. The quantitative estimate of drug-likeness (QED) is 0.698. The molecule has 9 heteroatoms. The summed E-state index contributed by atoms with van der Waals surface area (Å²) in [7, 11) is 0. The summed E-state index contributed by atoms with van der Waals surface area (Å²) < 4.78 is 54.8. The number of carbonyl (C=O) groups is 1. The second-order valence-electron chi connectivity index (χ2n) is 5.36. The van der Waals surface area contributed by atoms with E-state index < -0.39 is 24.5 Å². The van der Waals surface area contributed by atoms with Gasteiger partial charge in [-0.2, -0.15) is 13.2 Å². The molecule has 4 nitrogen and oxygen atoms in total. The Bertz CT molecular complexity index is 797. The minimum atomic E-state index is -4.53. The minimum absolute atomic E-state index is 0.0628. The summed E-state index contributed by atoms with van der Waals surface area (Å²) >= 11 is 5.96. The van der Waals surface area contributed by atoms with Gasteiger partial charge in [0.25, 0.3) is 0 Å². The van der Waals surface area contributed by atoms with E-state index in [1.165, 1.54) is 0 Å². The van der Waals surface area contributed by atoms with Crippen molar-refractivity contribution in [2.24, 2.45) is 0 Å². The number of nitrogens with one attached hydrogen (secondary N) is 2. The third-order valence-electron chi connectivity index (χ3n) is 3.31. The molecular formula is C17H15ClF4N2O2. The lowest BCUT2D eigenvalue weighted by atomic mass is 10.2. The van der Waals surface area contributed by atoms with Crippen LogP contribution < -0.4 is 15.4 Å². The Labute approximate surface area is 152 Å². The number of ether oxygens (including phenoxy) is 1. The first-order valence-corrected chi connectivity index (χ1v) is 7.81. The van der Waals surface area contributed by atoms with Crippen molar-refractivity contribution in [1.29, 1.82) is 0 Å². The summed E-state index contributed by atoms with van der Waals surface area (Å²) in [6.07, 6.45) is -4.53. The van der Waals surface area contributed by atoms with Crippen LogP contribution in [0.2, 0.25) is 5.02 Å². The molecule has 0 bridgehead atoms. The molecule has 0 saturated heterocycles. The van der Waals surface area contributed by atoms with Gasteiger partial charge in [-0.3, -0.25) is 4.79 Å². The van der Waals surface area contributed by atoms with E-state index >= 15 is 0 Å². The lowest BCUT2D eigenvalue weighted by Crippen LogP contribution is -2.23. The molecule has 140 valence electrons. The third kappa shape index (κ3) is 5.80. The summed E-state index contributed by atoms with van der Waals surface area (Å²) in [5.41, 5.74) is 1.10. The van der Waals surface area contributed by atoms with E-state index in [-0.39, 0.29) is 18.0 Å². The monoisotopic (exact) mass is 390 g/mol. The summed E-state index contributed by atoms with van der Waals surface area (Å²) in [6, 6.07) is 7.95. The molecule has 2 rings (SSSR count). The van der Waals surface area contributed by atoms with Crippen LogP contribution in [0.3, 0.4) is 0 Å². The Hall–Kier alpha value is -2.48. The van der Waals surface area contributed by atoms with Crippen molar-refractivity contribution in [2.45, 2.75) is 13.1 Å². The van der Waals surface area contributed by atoms with Crippen LogP contribution in [0, 0.1) is 12.7 Å². The van der Waals surface area contributed by atoms with E-state index in [1.54, 1.807) is 25.1 Å². The molecule has 2 aromatic carbocycles. The molecule has 2 N–H and O–H groups in total. The zero-order chi connectivity index (χ0) is 19.3. The van der Waals surface area contributed by atoms with Gasteiger partial charge in [0.05, 0.1) is 12.2 Å². The average molecular weight is 391 g/mol. The van der Waals surface area contributed by atoms with Gasteiger partial charge in [0.1, 0.15) is 11.6 Å². The molecule has 0 fully saturated rings. The largest absolute Gasteiger partial charge is 0.482 e. The number of anilines is 2. The van der Waals surface area contributed by atoms with Gasteiger partial charge in [-0.15, -0.1) is 0 Å². The molecule has 0 aliphatic carbocycles. The van der Waals surface area contributed by atoms with Crippen LogP contribution in [0.25, 0.3) is 0 Å². The van der Waals surface area contributed by atoms with Crippen molar-refractivity contribution >= 4 is 28.9 Å². The lowest BCUT2D eigenvalue weighted by molar-refractivity contribution is -0.153. The number of halogens is 5. The van der Waals surface area contributed by atoms with E-state index in [1.807, 2.05) is 0 Å². The van der Waals surface area contributed by atoms with Crippen molar-refractivity contribution in [3.8, 4) is 5.75 Å². The molecule has 0 aliphatic rings. The number of alkyl halides is 3. The zero-order valence-electron chi connectivity index (χ0n) is 13.6. The standard InChI is InChI=1S/C17H15ClF4N2O2/c1-10-12(18)3-2-4-13(10)24-16(25)8-23-14-7-11(19)5-6-15(14)26-9-17(20,21)22/h2-7,23H,8-9H2,1H3,(H,24,25). The molecule has 0 aromatic heterocycles. The highest BCUT2D eigenvalue weighted by molar-refractivity contribution is 6.31. The summed E-state index contributed by atoms with van der Waals surface area (Å²) in [5, 5.41) is 5.65. The van der Waals surface area contributed by atoms with Crippen LogP contribution in [-0.2, 0) is 4.79 Å².